The van der Waals surface area contributed by atoms with Crippen LogP contribution in [0.1, 0.15) is 25.4 Å². The first-order valence-electron chi connectivity index (χ1n) is 5.10. The van der Waals surface area contributed by atoms with Crippen LogP contribution >= 0.6 is 0 Å². The summed E-state index contributed by atoms with van der Waals surface area (Å²) in [5, 5.41) is 12.6. The Morgan fingerprint density at radius 3 is 3.00 bits per heavy atom. The van der Waals surface area contributed by atoms with Gasteiger partial charge in [0.05, 0.1) is 5.56 Å². The molecule has 0 fully saturated rings. The van der Waals surface area contributed by atoms with Gasteiger partial charge in [-0.1, -0.05) is 19.0 Å². The third-order valence-electron chi connectivity index (χ3n) is 2.11. The quantitative estimate of drug-likeness (QED) is 0.852. The lowest BCUT2D eigenvalue weighted by molar-refractivity contribution is 0.418. The lowest BCUT2D eigenvalue weighted by Gasteiger charge is -1.95. The zero-order chi connectivity index (χ0) is 11.5. The number of nitrogens with zero attached hydrogens (tertiary/aromatic N) is 3. The fourth-order valence-electron chi connectivity index (χ4n) is 1.40. The molecule has 0 aliphatic heterocycles. The minimum absolute atomic E-state index is 0.452. The van der Waals surface area contributed by atoms with Crippen LogP contribution in [0.15, 0.2) is 16.8 Å². The fraction of sp³-hybridized carbons (Fsp3) is 0.364. The van der Waals surface area contributed by atoms with Crippen molar-refractivity contribution in [2.75, 3.05) is 0 Å². The van der Waals surface area contributed by atoms with E-state index in [4.69, 9.17) is 9.78 Å². The predicted molar refractivity (Wildman–Crippen MR) is 57.3 cm³/mol. The third kappa shape index (κ3) is 2.11. The van der Waals surface area contributed by atoms with E-state index in [0.29, 0.717) is 23.3 Å². The minimum atomic E-state index is 0.452. The van der Waals surface area contributed by atoms with Gasteiger partial charge in [0, 0.05) is 12.6 Å². The number of nitriles is 1. The van der Waals surface area contributed by atoms with Crippen molar-refractivity contribution in [2.45, 2.75) is 20.3 Å². The van der Waals surface area contributed by atoms with Crippen molar-refractivity contribution in [1.82, 2.24) is 15.1 Å². The normalized spacial score (nSPS) is 10.6. The van der Waals surface area contributed by atoms with Gasteiger partial charge in [-0.25, -0.2) is 0 Å². The van der Waals surface area contributed by atoms with Crippen LogP contribution in [-0.4, -0.2) is 15.1 Å². The molecule has 5 heteroatoms. The monoisotopic (exact) mass is 216 g/mol. The van der Waals surface area contributed by atoms with E-state index in [1.165, 1.54) is 0 Å². The van der Waals surface area contributed by atoms with Gasteiger partial charge in [-0.05, 0) is 12.0 Å². The van der Waals surface area contributed by atoms with Crippen LogP contribution in [0.25, 0.3) is 11.5 Å². The average molecular weight is 216 g/mol. The summed E-state index contributed by atoms with van der Waals surface area (Å²) in [7, 11) is 0. The van der Waals surface area contributed by atoms with E-state index in [1.807, 2.05) is 6.07 Å². The second-order valence-corrected chi connectivity index (χ2v) is 4.03. The molecule has 0 spiro atoms. The highest BCUT2D eigenvalue weighted by molar-refractivity contribution is 5.54. The summed E-state index contributed by atoms with van der Waals surface area (Å²) in [6.07, 6.45) is 2.48. The van der Waals surface area contributed by atoms with Crippen LogP contribution in [0, 0.1) is 17.2 Å². The first-order valence-corrected chi connectivity index (χ1v) is 5.10. The number of rotatable bonds is 3. The SMILES string of the molecule is CC(C)Cc1noc(-c2c[nH]c(C#N)c2)n1. The second kappa shape index (κ2) is 4.19. The van der Waals surface area contributed by atoms with E-state index in [9.17, 15) is 0 Å². The van der Waals surface area contributed by atoms with Gasteiger partial charge in [0.1, 0.15) is 11.8 Å². The fourth-order valence-corrected chi connectivity index (χ4v) is 1.40. The Morgan fingerprint density at radius 1 is 1.56 bits per heavy atom. The molecule has 2 aromatic heterocycles. The molecule has 0 unspecified atom stereocenters. The summed E-state index contributed by atoms with van der Waals surface area (Å²) in [5.74, 6) is 1.64. The maximum atomic E-state index is 8.67. The zero-order valence-electron chi connectivity index (χ0n) is 9.19. The van der Waals surface area contributed by atoms with Crippen LogP contribution in [0.2, 0.25) is 0 Å². The molecule has 2 aromatic rings. The summed E-state index contributed by atoms with van der Waals surface area (Å²) in [6, 6.07) is 3.70. The molecular weight excluding hydrogens is 204 g/mol. The van der Waals surface area contributed by atoms with E-state index in [-0.39, 0.29) is 0 Å². The number of H-pyrrole nitrogens is 1. The minimum Gasteiger partial charge on any atom is -0.352 e. The molecule has 16 heavy (non-hydrogen) atoms. The first kappa shape index (κ1) is 10.4. The highest BCUT2D eigenvalue weighted by Gasteiger charge is 2.11. The number of aromatic amines is 1. The Morgan fingerprint density at radius 2 is 2.38 bits per heavy atom. The summed E-state index contributed by atoms with van der Waals surface area (Å²) in [4.78, 5) is 7.08. The van der Waals surface area contributed by atoms with Gasteiger partial charge in [-0.15, -0.1) is 0 Å². The van der Waals surface area contributed by atoms with Crippen molar-refractivity contribution >= 4 is 0 Å². The van der Waals surface area contributed by atoms with Gasteiger partial charge >= 0.3 is 0 Å². The molecule has 82 valence electrons. The van der Waals surface area contributed by atoms with Crippen molar-refractivity contribution in [3.05, 3.63) is 23.8 Å². The van der Waals surface area contributed by atoms with E-state index < -0.39 is 0 Å². The smallest absolute Gasteiger partial charge is 0.259 e. The van der Waals surface area contributed by atoms with E-state index >= 15 is 0 Å². The van der Waals surface area contributed by atoms with Gasteiger partial charge in [0.25, 0.3) is 5.89 Å². The molecule has 2 rings (SSSR count). The van der Waals surface area contributed by atoms with Crippen molar-refractivity contribution < 1.29 is 4.52 Å². The Hall–Kier alpha value is -2.09. The Kier molecular flexibility index (Phi) is 2.73. The molecule has 0 bridgehead atoms. The van der Waals surface area contributed by atoms with E-state index in [1.54, 1.807) is 12.3 Å². The standard InChI is InChI=1S/C11H12N4O/c1-7(2)3-10-14-11(16-15-10)8-4-9(5-12)13-6-8/h4,6-7,13H,3H2,1-2H3. The first-order chi connectivity index (χ1) is 7.69. The molecular formula is C11H12N4O. The molecule has 2 heterocycles. The molecule has 0 aromatic carbocycles. The topological polar surface area (TPSA) is 78.5 Å². The van der Waals surface area contributed by atoms with Gasteiger partial charge in [0.2, 0.25) is 0 Å². The summed E-state index contributed by atoms with van der Waals surface area (Å²) in [5.41, 5.74) is 1.23. The second-order valence-electron chi connectivity index (χ2n) is 4.03. The van der Waals surface area contributed by atoms with Crippen LogP contribution in [-0.2, 0) is 6.42 Å². The van der Waals surface area contributed by atoms with Crippen molar-refractivity contribution in [3.63, 3.8) is 0 Å². The highest BCUT2D eigenvalue weighted by Crippen LogP contribution is 2.18. The van der Waals surface area contributed by atoms with Crippen LogP contribution in [0.5, 0.6) is 0 Å². The van der Waals surface area contributed by atoms with Crippen molar-refractivity contribution in [2.24, 2.45) is 5.92 Å². The predicted octanol–water partition coefficient (Wildman–Crippen LogP) is 2.13. The van der Waals surface area contributed by atoms with Crippen molar-refractivity contribution in [1.29, 1.82) is 5.26 Å². The van der Waals surface area contributed by atoms with Gasteiger partial charge in [-0.2, -0.15) is 10.2 Å². The summed E-state index contributed by atoms with van der Waals surface area (Å²) in [6.45, 7) is 4.19. The third-order valence-corrected chi connectivity index (χ3v) is 2.11. The lowest BCUT2D eigenvalue weighted by atomic mass is 10.1. The van der Waals surface area contributed by atoms with Crippen LogP contribution < -0.4 is 0 Å². The molecule has 0 radical (unpaired) electrons. The highest BCUT2D eigenvalue weighted by atomic mass is 16.5. The maximum absolute atomic E-state index is 8.67. The molecule has 0 saturated carbocycles. The molecule has 0 aliphatic rings. The molecule has 5 nitrogen and oxygen atoms in total. The number of hydrogen-bond acceptors (Lipinski definition) is 4. The molecule has 1 N–H and O–H groups in total. The Balaban J connectivity index is 2.21. The molecule has 0 amide bonds. The van der Waals surface area contributed by atoms with Gasteiger partial charge in [-0.3, -0.25) is 0 Å². The number of hydrogen-bond donors (Lipinski definition) is 1. The molecule has 0 atom stereocenters. The van der Waals surface area contributed by atoms with Crippen LogP contribution in [0.4, 0.5) is 0 Å². The largest absolute Gasteiger partial charge is 0.352 e. The molecule has 0 aliphatic carbocycles. The van der Waals surface area contributed by atoms with E-state index in [0.717, 1.165) is 12.0 Å². The summed E-state index contributed by atoms with van der Waals surface area (Å²) >= 11 is 0. The number of nitrogens with one attached hydrogen (secondary N) is 1. The Bertz CT molecular complexity index is 518. The maximum Gasteiger partial charge on any atom is 0.259 e. The van der Waals surface area contributed by atoms with Crippen LogP contribution in [0.3, 0.4) is 0 Å². The summed E-state index contributed by atoms with van der Waals surface area (Å²) < 4.78 is 5.12. The lowest BCUT2D eigenvalue weighted by Crippen LogP contribution is -1.95. The molecule has 0 saturated heterocycles. The van der Waals surface area contributed by atoms with Gasteiger partial charge in [0.15, 0.2) is 5.82 Å². The van der Waals surface area contributed by atoms with Gasteiger partial charge < -0.3 is 9.51 Å². The average Bonchev–Trinajstić information content (AvgIpc) is 2.83. The zero-order valence-corrected chi connectivity index (χ0v) is 9.19. The Labute approximate surface area is 93.1 Å². The van der Waals surface area contributed by atoms with E-state index in [2.05, 4.69) is 29.0 Å². The number of aromatic nitrogens is 3. The van der Waals surface area contributed by atoms with Crippen molar-refractivity contribution in [3.8, 4) is 17.5 Å².